The molecule has 0 aromatic heterocycles. The molecule has 0 aliphatic heterocycles. The van der Waals surface area contributed by atoms with E-state index in [2.05, 4.69) is 4.72 Å². The van der Waals surface area contributed by atoms with Crippen LogP contribution in [0.25, 0.3) is 0 Å². The summed E-state index contributed by atoms with van der Waals surface area (Å²) in [6.45, 7) is 6.04. The molecule has 0 radical (unpaired) electrons. The molecule has 0 spiro atoms. The fraction of sp³-hybridized carbons (Fsp3) is 1.00. The maximum atomic E-state index is 11.7. The van der Waals surface area contributed by atoms with Crippen molar-refractivity contribution in [2.45, 2.75) is 33.2 Å². The Kier molecular flexibility index (Phi) is 6.35. The van der Waals surface area contributed by atoms with Gasteiger partial charge in [0.25, 0.3) is 10.2 Å². The number of aliphatic hydroxyl groups is 1. The Balaban J connectivity index is 4.52. The maximum absolute atomic E-state index is 11.7. The molecule has 0 amide bonds. The van der Waals surface area contributed by atoms with Gasteiger partial charge in [0, 0.05) is 26.2 Å². The lowest BCUT2D eigenvalue weighted by Gasteiger charge is -2.24. The number of nitrogens with zero attached hydrogens (tertiary/aromatic N) is 1. The topological polar surface area (TPSA) is 69.6 Å². The Morgan fingerprint density at radius 2 is 1.93 bits per heavy atom. The quantitative estimate of drug-likeness (QED) is 0.665. The van der Waals surface area contributed by atoms with Crippen LogP contribution in [0.1, 0.15) is 27.2 Å². The van der Waals surface area contributed by atoms with Gasteiger partial charge in [-0.15, -0.1) is 0 Å². The van der Waals surface area contributed by atoms with Crippen LogP contribution in [0.15, 0.2) is 0 Å². The molecular weight excluding hydrogens is 216 g/mol. The average Bonchev–Trinajstić information content (AvgIpc) is 2.15. The van der Waals surface area contributed by atoms with Gasteiger partial charge in [-0.25, -0.2) is 0 Å². The van der Waals surface area contributed by atoms with Crippen LogP contribution in [0.5, 0.6) is 0 Å². The van der Waals surface area contributed by atoms with Crippen molar-refractivity contribution in [1.29, 1.82) is 0 Å². The summed E-state index contributed by atoms with van der Waals surface area (Å²) in [5.74, 6) is 0.164. The second-order valence-corrected chi connectivity index (χ2v) is 5.71. The van der Waals surface area contributed by atoms with Crippen LogP contribution < -0.4 is 4.72 Å². The van der Waals surface area contributed by atoms with Crippen molar-refractivity contribution in [1.82, 2.24) is 9.03 Å². The van der Waals surface area contributed by atoms with Crippen LogP contribution in [0.4, 0.5) is 0 Å². The third kappa shape index (κ3) is 4.92. The SMILES string of the molecule is CCN(C)S(=O)(=O)NC(CCO)C(C)C. The van der Waals surface area contributed by atoms with Crippen LogP contribution in [-0.2, 0) is 10.2 Å². The molecule has 15 heavy (non-hydrogen) atoms. The lowest BCUT2D eigenvalue weighted by atomic mass is 10.0. The first kappa shape index (κ1) is 14.8. The lowest BCUT2D eigenvalue weighted by Crippen LogP contribution is -2.46. The first-order valence-electron chi connectivity index (χ1n) is 5.19. The Hall–Kier alpha value is -0.170. The van der Waals surface area contributed by atoms with Gasteiger partial charge in [-0.1, -0.05) is 20.8 Å². The van der Waals surface area contributed by atoms with E-state index >= 15 is 0 Å². The highest BCUT2D eigenvalue weighted by atomic mass is 32.2. The largest absolute Gasteiger partial charge is 0.396 e. The van der Waals surface area contributed by atoms with Crippen molar-refractivity contribution in [3.8, 4) is 0 Å². The van der Waals surface area contributed by atoms with E-state index in [1.807, 2.05) is 13.8 Å². The van der Waals surface area contributed by atoms with E-state index in [9.17, 15) is 8.42 Å². The zero-order chi connectivity index (χ0) is 12.1. The molecule has 6 heteroatoms. The van der Waals surface area contributed by atoms with E-state index in [-0.39, 0.29) is 18.6 Å². The smallest absolute Gasteiger partial charge is 0.279 e. The number of hydrogen-bond acceptors (Lipinski definition) is 3. The molecule has 2 N–H and O–H groups in total. The highest BCUT2D eigenvalue weighted by Crippen LogP contribution is 2.08. The normalized spacial score (nSPS) is 14.9. The molecule has 5 nitrogen and oxygen atoms in total. The molecule has 92 valence electrons. The van der Waals surface area contributed by atoms with Gasteiger partial charge in [0.1, 0.15) is 0 Å². The first-order valence-corrected chi connectivity index (χ1v) is 6.63. The second kappa shape index (κ2) is 6.42. The van der Waals surface area contributed by atoms with Gasteiger partial charge in [0.05, 0.1) is 0 Å². The van der Waals surface area contributed by atoms with E-state index in [0.717, 1.165) is 0 Å². The minimum Gasteiger partial charge on any atom is -0.396 e. The molecule has 0 heterocycles. The summed E-state index contributed by atoms with van der Waals surface area (Å²) in [5.41, 5.74) is 0. The summed E-state index contributed by atoms with van der Waals surface area (Å²) in [4.78, 5) is 0. The Labute approximate surface area is 92.7 Å². The van der Waals surface area contributed by atoms with Gasteiger partial charge in [-0.2, -0.15) is 17.4 Å². The second-order valence-electron chi connectivity index (χ2n) is 3.90. The molecule has 0 fully saturated rings. The van der Waals surface area contributed by atoms with Crippen molar-refractivity contribution in [2.75, 3.05) is 20.2 Å². The van der Waals surface area contributed by atoms with E-state index in [1.165, 1.54) is 11.4 Å². The van der Waals surface area contributed by atoms with Crippen LogP contribution in [-0.4, -0.2) is 44.1 Å². The molecule has 0 rings (SSSR count). The van der Waals surface area contributed by atoms with Crippen molar-refractivity contribution >= 4 is 10.2 Å². The van der Waals surface area contributed by atoms with Crippen molar-refractivity contribution in [3.05, 3.63) is 0 Å². The van der Waals surface area contributed by atoms with Crippen LogP contribution in [0.3, 0.4) is 0 Å². The molecule has 1 unspecified atom stereocenters. The zero-order valence-electron chi connectivity index (χ0n) is 9.90. The van der Waals surface area contributed by atoms with Gasteiger partial charge in [-0.3, -0.25) is 0 Å². The molecule has 0 aliphatic carbocycles. The van der Waals surface area contributed by atoms with Crippen LogP contribution >= 0.6 is 0 Å². The summed E-state index contributed by atoms with van der Waals surface area (Å²) >= 11 is 0. The molecule has 0 aromatic carbocycles. The molecule has 0 bridgehead atoms. The molecule has 1 atom stereocenters. The highest BCUT2D eigenvalue weighted by Gasteiger charge is 2.22. The number of rotatable bonds is 7. The molecule has 0 saturated carbocycles. The van der Waals surface area contributed by atoms with Gasteiger partial charge < -0.3 is 5.11 Å². The fourth-order valence-corrected chi connectivity index (χ4v) is 2.41. The fourth-order valence-electron chi connectivity index (χ4n) is 1.12. The molecular formula is C9H22N2O3S. The van der Waals surface area contributed by atoms with E-state index in [1.54, 1.807) is 6.92 Å². The van der Waals surface area contributed by atoms with Gasteiger partial charge >= 0.3 is 0 Å². The molecule has 0 saturated heterocycles. The predicted octanol–water partition coefficient (Wildman–Crippen LogP) is 0.179. The van der Waals surface area contributed by atoms with Crippen molar-refractivity contribution in [3.63, 3.8) is 0 Å². The zero-order valence-corrected chi connectivity index (χ0v) is 10.7. The highest BCUT2D eigenvalue weighted by molar-refractivity contribution is 7.87. The summed E-state index contributed by atoms with van der Waals surface area (Å²) < 4.78 is 27.2. The van der Waals surface area contributed by atoms with Gasteiger partial charge in [0.15, 0.2) is 0 Å². The minimum absolute atomic E-state index is 0.0127. The molecule has 0 aromatic rings. The van der Waals surface area contributed by atoms with Crippen LogP contribution in [0.2, 0.25) is 0 Å². The minimum atomic E-state index is -3.40. The van der Waals surface area contributed by atoms with E-state index < -0.39 is 10.2 Å². The van der Waals surface area contributed by atoms with Gasteiger partial charge in [0.2, 0.25) is 0 Å². The van der Waals surface area contributed by atoms with Crippen LogP contribution in [0, 0.1) is 5.92 Å². The number of aliphatic hydroxyl groups excluding tert-OH is 1. The lowest BCUT2D eigenvalue weighted by molar-refractivity contribution is 0.254. The monoisotopic (exact) mass is 238 g/mol. The van der Waals surface area contributed by atoms with E-state index in [4.69, 9.17) is 5.11 Å². The third-order valence-electron chi connectivity index (χ3n) is 2.40. The standard InChI is InChI=1S/C9H22N2O3S/c1-5-11(4)15(13,14)10-9(6-7-12)8(2)3/h8-10,12H,5-7H2,1-4H3. The predicted molar refractivity (Wildman–Crippen MR) is 60.7 cm³/mol. The third-order valence-corrected chi connectivity index (χ3v) is 4.08. The Morgan fingerprint density at radius 3 is 2.27 bits per heavy atom. The summed E-state index contributed by atoms with van der Waals surface area (Å²) in [6, 6.07) is -0.214. The Bertz CT molecular complexity index is 265. The first-order chi connectivity index (χ1) is 6.85. The van der Waals surface area contributed by atoms with Crippen molar-refractivity contribution in [2.24, 2.45) is 5.92 Å². The van der Waals surface area contributed by atoms with Gasteiger partial charge in [-0.05, 0) is 12.3 Å². The van der Waals surface area contributed by atoms with E-state index in [0.29, 0.717) is 13.0 Å². The average molecular weight is 238 g/mol. The summed E-state index contributed by atoms with van der Waals surface area (Å²) in [5, 5.41) is 8.83. The maximum Gasteiger partial charge on any atom is 0.279 e. The number of hydrogen-bond donors (Lipinski definition) is 2. The summed E-state index contributed by atoms with van der Waals surface area (Å²) in [6.07, 6.45) is 0.439. The Morgan fingerprint density at radius 1 is 1.40 bits per heavy atom. The van der Waals surface area contributed by atoms with Crippen molar-refractivity contribution < 1.29 is 13.5 Å². The molecule has 0 aliphatic rings. The number of nitrogens with one attached hydrogen (secondary N) is 1. The summed E-state index contributed by atoms with van der Waals surface area (Å²) in [7, 11) is -1.88.